The van der Waals surface area contributed by atoms with Gasteiger partial charge in [0, 0.05) is 0 Å². The molecule has 0 aliphatic heterocycles. The Morgan fingerprint density at radius 1 is 1.33 bits per heavy atom. The number of hydrogen-bond donors (Lipinski definition) is 0. The number of hydrogen-bond acceptors (Lipinski definition) is 3. The molecule has 0 N–H and O–H groups in total. The van der Waals surface area contributed by atoms with Gasteiger partial charge in [-0.3, -0.25) is 0 Å². The quantitative estimate of drug-likeness (QED) is 0.506. The van der Waals surface area contributed by atoms with Gasteiger partial charge in [-0.15, -0.1) is 0 Å². The summed E-state index contributed by atoms with van der Waals surface area (Å²) in [6.07, 6.45) is -0.191. The Kier molecular flexibility index (Phi) is 4.02. The van der Waals surface area contributed by atoms with Gasteiger partial charge in [-0.25, -0.2) is 0 Å². The van der Waals surface area contributed by atoms with E-state index < -0.39 is 13.1 Å². The topological polar surface area (TPSA) is 35.5 Å². The maximum absolute atomic E-state index is 11.4. The highest BCUT2D eigenvalue weighted by molar-refractivity contribution is 7.79. The molecule has 1 unspecified atom stereocenters. The third-order valence-electron chi connectivity index (χ3n) is 0.759. The first-order chi connectivity index (χ1) is 5.12. The molecule has 5 heteroatoms. The summed E-state index contributed by atoms with van der Waals surface area (Å²) in [7, 11) is 1.94. The van der Waals surface area contributed by atoms with Gasteiger partial charge in [-0.1, -0.05) is 0 Å². The lowest BCUT2D eigenvalue weighted by Crippen LogP contribution is -2.19. The predicted molar refractivity (Wildman–Crippen MR) is 50.4 cm³/mol. The van der Waals surface area contributed by atoms with Gasteiger partial charge in [0.25, 0.3) is 0 Å². The number of rotatable bonds is 3. The van der Waals surface area contributed by atoms with E-state index in [0.29, 0.717) is 0 Å². The molecule has 12 heavy (non-hydrogen) atoms. The molecular formula is C7H16BO3P-. The molecule has 0 rings (SSSR count). The highest BCUT2D eigenvalue weighted by Gasteiger charge is 2.16. The Bertz CT molecular complexity index is 186. The fourth-order valence-electron chi connectivity index (χ4n) is 0.697. The summed E-state index contributed by atoms with van der Waals surface area (Å²) in [5.41, 5.74) is -0.542. The molecule has 0 bridgehead atoms. The van der Waals surface area contributed by atoms with Crippen molar-refractivity contribution in [3.05, 3.63) is 0 Å². The SMILES string of the molecule is [B-]P(=O)(OC(C)C)OC(C)(C)C. The molecule has 0 fully saturated rings. The van der Waals surface area contributed by atoms with Gasteiger partial charge in [-0.05, 0) is 34.6 Å². The average molecular weight is 190 g/mol. The molecule has 0 saturated carbocycles. The van der Waals surface area contributed by atoms with E-state index in [-0.39, 0.29) is 6.10 Å². The molecule has 0 aromatic heterocycles. The molecule has 71 valence electrons. The maximum Gasteiger partial charge on any atom is 0.0659 e. The van der Waals surface area contributed by atoms with Gasteiger partial charge in [0.15, 0.2) is 0 Å². The van der Waals surface area contributed by atoms with Crippen LogP contribution in [-0.2, 0) is 13.6 Å². The summed E-state index contributed by atoms with van der Waals surface area (Å²) in [6, 6.07) is 0. The minimum Gasteiger partial charge on any atom is -0.444 e. The van der Waals surface area contributed by atoms with E-state index in [4.69, 9.17) is 16.6 Å². The predicted octanol–water partition coefficient (Wildman–Crippen LogP) is 2.50. The lowest BCUT2D eigenvalue weighted by atomic mass is 10.2. The third-order valence-corrected chi connectivity index (χ3v) is 2.28. The summed E-state index contributed by atoms with van der Waals surface area (Å²) in [5, 5.41) is 0. The van der Waals surface area contributed by atoms with Gasteiger partial charge >= 0.3 is 0 Å². The normalized spacial score (nSPS) is 17.9. The second-order valence-corrected chi connectivity index (χ2v) is 5.37. The molecular weight excluding hydrogens is 174 g/mol. The Morgan fingerprint density at radius 3 is 2.00 bits per heavy atom. The van der Waals surface area contributed by atoms with E-state index in [0.717, 1.165) is 0 Å². The Hall–Kier alpha value is 0.215. The summed E-state index contributed by atoms with van der Waals surface area (Å²) < 4.78 is 21.3. The van der Waals surface area contributed by atoms with E-state index in [1.54, 1.807) is 34.6 Å². The van der Waals surface area contributed by atoms with Crippen LogP contribution < -0.4 is 0 Å². The van der Waals surface area contributed by atoms with Crippen molar-refractivity contribution in [3.8, 4) is 0 Å². The van der Waals surface area contributed by atoms with Crippen molar-refractivity contribution < 1.29 is 13.6 Å². The molecule has 3 radical (unpaired) electrons. The van der Waals surface area contributed by atoms with Crippen LogP contribution in [0.3, 0.4) is 0 Å². The van der Waals surface area contributed by atoms with Gasteiger partial charge in [0.05, 0.1) is 19.2 Å². The van der Waals surface area contributed by atoms with Crippen molar-refractivity contribution >= 4 is 15.0 Å². The zero-order chi connectivity index (χ0) is 9.99. The van der Waals surface area contributed by atoms with E-state index in [9.17, 15) is 4.57 Å². The van der Waals surface area contributed by atoms with Crippen LogP contribution in [0, 0.1) is 0 Å². The molecule has 0 amide bonds. The first kappa shape index (κ1) is 12.2. The van der Waals surface area contributed by atoms with Crippen LogP contribution >= 0.6 is 7.47 Å². The summed E-state index contributed by atoms with van der Waals surface area (Å²) in [6.45, 7) is 8.83. The Balaban J connectivity index is 4.15. The van der Waals surface area contributed by atoms with Crippen LogP contribution in [0.5, 0.6) is 0 Å². The zero-order valence-electron chi connectivity index (χ0n) is 8.33. The van der Waals surface area contributed by atoms with Gasteiger partial charge in [-0.2, -0.15) is 0 Å². The first-order valence-electron chi connectivity index (χ1n) is 3.90. The van der Waals surface area contributed by atoms with E-state index in [1.807, 2.05) is 0 Å². The van der Waals surface area contributed by atoms with Crippen LogP contribution in [0.15, 0.2) is 0 Å². The Morgan fingerprint density at radius 2 is 1.75 bits per heavy atom. The fraction of sp³-hybridized carbons (Fsp3) is 1.00. The highest BCUT2D eigenvalue weighted by Crippen LogP contribution is 2.47. The lowest BCUT2D eigenvalue weighted by molar-refractivity contribution is 0.0915. The average Bonchev–Trinajstić information content (AvgIpc) is 1.48. The van der Waals surface area contributed by atoms with E-state index >= 15 is 0 Å². The molecule has 0 aliphatic rings. The van der Waals surface area contributed by atoms with E-state index in [2.05, 4.69) is 0 Å². The minimum atomic E-state index is -3.37. The minimum absolute atomic E-state index is 0.191. The summed E-state index contributed by atoms with van der Waals surface area (Å²) in [5.74, 6) is 0. The molecule has 0 aromatic carbocycles. The molecule has 0 aromatic rings. The van der Waals surface area contributed by atoms with Crippen LogP contribution in [0.1, 0.15) is 34.6 Å². The van der Waals surface area contributed by atoms with Crippen molar-refractivity contribution in [1.29, 1.82) is 0 Å². The third kappa shape index (κ3) is 6.90. The van der Waals surface area contributed by atoms with Crippen molar-refractivity contribution in [2.45, 2.75) is 46.3 Å². The molecule has 0 spiro atoms. The van der Waals surface area contributed by atoms with Crippen molar-refractivity contribution in [3.63, 3.8) is 0 Å². The second kappa shape index (κ2) is 3.95. The second-order valence-electron chi connectivity index (χ2n) is 3.90. The molecule has 1 atom stereocenters. The molecule has 3 nitrogen and oxygen atoms in total. The fourth-order valence-corrected chi connectivity index (χ4v) is 2.09. The van der Waals surface area contributed by atoms with Crippen molar-refractivity contribution in [2.75, 3.05) is 0 Å². The highest BCUT2D eigenvalue weighted by atomic mass is 31.2. The van der Waals surface area contributed by atoms with Gasteiger partial charge in [0.2, 0.25) is 0 Å². The lowest BCUT2D eigenvalue weighted by Gasteiger charge is -2.35. The molecule has 0 heterocycles. The molecule has 0 saturated heterocycles. The monoisotopic (exact) mass is 190 g/mol. The summed E-state index contributed by atoms with van der Waals surface area (Å²) >= 11 is 0. The Labute approximate surface area is 75.7 Å². The largest absolute Gasteiger partial charge is 0.444 e. The van der Waals surface area contributed by atoms with E-state index in [1.165, 1.54) is 0 Å². The van der Waals surface area contributed by atoms with Crippen LogP contribution in [-0.4, -0.2) is 19.3 Å². The van der Waals surface area contributed by atoms with Crippen molar-refractivity contribution in [2.24, 2.45) is 0 Å². The first-order valence-corrected chi connectivity index (χ1v) is 5.51. The summed E-state index contributed by atoms with van der Waals surface area (Å²) in [4.78, 5) is 0. The van der Waals surface area contributed by atoms with Crippen molar-refractivity contribution in [1.82, 2.24) is 0 Å². The van der Waals surface area contributed by atoms with Gasteiger partial charge in [0.1, 0.15) is 0 Å². The zero-order valence-corrected chi connectivity index (χ0v) is 9.22. The van der Waals surface area contributed by atoms with Crippen LogP contribution in [0.2, 0.25) is 0 Å². The smallest absolute Gasteiger partial charge is 0.0659 e. The maximum atomic E-state index is 11.4. The van der Waals surface area contributed by atoms with Crippen LogP contribution in [0.4, 0.5) is 0 Å². The van der Waals surface area contributed by atoms with Crippen LogP contribution in [0.25, 0.3) is 0 Å². The molecule has 0 aliphatic carbocycles. The standard InChI is InChI=1S/C7H16BO3P/c1-6(2)10-12(8,9)11-7(3,4)5/h6H,1-5H3/q-1. The van der Waals surface area contributed by atoms with Gasteiger partial charge < -0.3 is 21.2 Å².